The van der Waals surface area contributed by atoms with Gasteiger partial charge in [0.15, 0.2) is 11.4 Å². The lowest BCUT2D eigenvalue weighted by Crippen LogP contribution is -2.54. The Morgan fingerprint density at radius 3 is 2.61 bits per heavy atom. The predicted octanol–water partition coefficient (Wildman–Crippen LogP) is 3.77. The average molecular weight is 313 g/mol. The van der Waals surface area contributed by atoms with E-state index < -0.39 is 5.60 Å². The maximum Gasteiger partial charge on any atom is 0.156 e. The first kappa shape index (κ1) is 15.4. The molecule has 4 rings (SSSR count). The summed E-state index contributed by atoms with van der Waals surface area (Å²) in [5, 5.41) is 20.4. The lowest BCUT2D eigenvalue weighted by Gasteiger charge is -2.58. The number of hydrogen-bond acceptors (Lipinski definition) is 3. The molecule has 23 heavy (non-hydrogen) atoms. The number of carbonyl (C=O) groups is 1. The molecule has 4 aliphatic rings. The van der Waals surface area contributed by atoms with Gasteiger partial charge in [-0.25, -0.2) is 0 Å². The highest BCUT2D eigenvalue weighted by molar-refractivity contribution is 5.91. The van der Waals surface area contributed by atoms with Crippen molar-refractivity contribution in [3.8, 4) is 6.07 Å². The summed E-state index contributed by atoms with van der Waals surface area (Å²) in [5.41, 5.74) is 0.172. The van der Waals surface area contributed by atoms with Crippen LogP contribution >= 0.6 is 0 Å². The van der Waals surface area contributed by atoms with Crippen LogP contribution in [0.3, 0.4) is 0 Å². The van der Waals surface area contributed by atoms with Gasteiger partial charge in [0.25, 0.3) is 0 Å². The molecule has 124 valence electrons. The van der Waals surface area contributed by atoms with Crippen molar-refractivity contribution in [1.82, 2.24) is 0 Å². The van der Waals surface area contributed by atoms with Crippen LogP contribution < -0.4 is 0 Å². The first-order valence-electron chi connectivity index (χ1n) is 9.22. The molecule has 0 heterocycles. The van der Waals surface area contributed by atoms with Crippen molar-refractivity contribution in [3.63, 3.8) is 0 Å². The molecule has 0 aromatic carbocycles. The summed E-state index contributed by atoms with van der Waals surface area (Å²) in [6, 6.07) is 2.25. The zero-order chi connectivity index (χ0) is 16.5. The van der Waals surface area contributed by atoms with Crippen LogP contribution in [0.5, 0.6) is 0 Å². The fourth-order valence-corrected chi connectivity index (χ4v) is 6.76. The van der Waals surface area contributed by atoms with Gasteiger partial charge in [-0.3, -0.25) is 4.79 Å². The first-order chi connectivity index (χ1) is 10.8. The number of hydrogen-bond donors (Lipinski definition) is 1. The molecule has 0 aromatic heterocycles. The topological polar surface area (TPSA) is 61.1 Å². The van der Waals surface area contributed by atoms with Crippen LogP contribution in [0.25, 0.3) is 0 Å². The van der Waals surface area contributed by atoms with Crippen LogP contribution in [-0.2, 0) is 4.79 Å². The van der Waals surface area contributed by atoms with Crippen LogP contribution in [0.2, 0.25) is 0 Å². The van der Waals surface area contributed by atoms with Gasteiger partial charge in [-0.2, -0.15) is 5.26 Å². The number of nitriles is 1. The third kappa shape index (κ3) is 1.82. The Balaban J connectivity index is 1.70. The third-order valence-corrected chi connectivity index (χ3v) is 8.30. The summed E-state index contributed by atoms with van der Waals surface area (Å²) in [7, 11) is 0. The number of aliphatic hydroxyl groups is 1. The smallest absolute Gasteiger partial charge is 0.156 e. The van der Waals surface area contributed by atoms with Gasteiger partial charge in [-0.05, 0) is 74.2 Å². The van der Waals surface area contributed by atoms with Gasteiger partial charge in [0.2, 0.25) is 0 Å². The highest BCUT2D eigenvalue weighted by atomic mass is 16.3. The Bertz CT molecular complexity index is 632. The maximum absolute atomic E-state index is 11.8. The van der Waals surface area contributed by atoms with Gasteiger partial charge >= 0.3 is 0 Å². The van der Waals surface area contributed by atoms with Crippen molar-refractivity contribution < 1.29 is 9.90 Å². The Morgan fingerprint density at radius 1 is 1.13 bits per heavy atom. The summed E-state index contributed by atoms with van der Waals surface area (Å²) in [6.45, 7) is 4.53. The van der Waals surface area contributed by atoms with Crippen molar-refractivity contribution in [2.45, 2.75) is 70.8 Å². The van der Waals surface area contributed by atoms with E-state index in [4.69, 9.17) is 0 Å². The summed E-state index contributed by atoms with van der Waals surface area (Å²) in [5.74, 6) is 1.99. The van der Waals surface area contributed by atoms with Crippen LogP contribution in [0, 0.1) is 39.9 Å². The normalized spacial score (nSPS) is 52.0. The number of nitrogens with zero attached hydrogens (tertiary/aromatic N) is 1. The zero-order valence-electron chi connectivity index (χ0n) is 14.3. The molecule has 0 unspecified atom stereocenters. The largest absolute Gasteiger partial charge is 0.375 e. The minimum Gasteiger partial charge on any atom is -0.375 e. The van der Waals surface area contributed by atoms with E-state index in [1.165, 1.54) is 5.57 Å². The lowest BCUT2D eigenvalue weighted by molar-refractivity contribution is -0.119. The molecular formula is C20H27NO2. The molecule has 3 nitrogen and oxygen atoms in total. The van der Waals surface area contributed by atoms with E-state index in [-0.39, 0.29) is 10.8 Å². The lowest BCUT2D eigenvalue weighted by atomic mass is 9.46. The number of ketones is 1. The van der Waals surface area contributed by atoms with Gasteiger partial charge in [0.05, 0.1) is 6.07 Å². The van der Waals surface area contributed by atoms with Crippen LogP contribution in [0.15, 0.2) is 11.6 Å². The first-order valence-corrected chi connectivity index (χ1v) is 9.22. The SMILES string of the molecule is C[C@@]12CCC(=O)C=C1CC[C@H]1[C@H]2CC[C@]2(C)[C@@H]1CC[C@]2(O)C#N. The van der Waals surface area contributed by atoms with Gasteiger partial charge < -0.3 is 5.11 Å². The molecule has 3 saturated carbocycles. The van der Waals surface area contributed by atoms with E-state index in [0.29, 0.717) is 36.4 Å². The van der Waals surface area contributed by atoms with Crippen molar-refractivity contribution in [1.29, 1.82) is 5.26 Å². The second-order valence-electron chi connectivity index (χ2n) is 8.94. The molecule has 3 fully saturated rings. The second-order valence-corrected chi connectivity index (χ2v) is 8.94. The number of carbonyl (C=O) groups excluding carboxylic acids is 1. The fourth-order valence-electron chi connectivity index (χ4n) is 6.76. The highest BCUT2D eigenvalue weighted by Crippen LogP contribution is 2.67. The number of rotatable bonds is 0. The van der Waals surface area contributed by atoms with Crippen molar-refractivity contribution in [3.05, 3.63) is 11.6 Å². The predicted molar refractivity (Wildman–Crippen MR) is 87.3 cm³/mol. The van der Waals surface area contributed by atoms with E-state index in [1.54, 1.807) is 0 Å². The molecule has 0 aromatic rings. The van der Waals surface area contributed by atoms with Gasteiger partial charge in [-0.15, -0.1) is 0 Å². The molecule has 0 radical (unpaired) electrons. The van der Waals surface area contributed by atoms with E-state index in [2.05, 4.69) is 19.9 Å². The van der Waals surface area contributed by atoms with Crippen molar-refractivity contribution in [2.24, 2.45) is 28.6 Å². The van der Waals surface area contributed by atoms with Gasteiger partial charge in [0, 0.05) is 11.8 Å². The molecule has 0 saturated heterocycles. The molecular weight excluding hydrogens is 286 g/mol. The Labute approximate surface area is 138 Å². The van der Waals surface area contributed by atoms with E-state index in [9.17, 15) is 15.2 Å². The van der Waals surface area contributed by atoms with E-state index >= 15 is 0 Å². The quantitative estimate of drug-likeness (QED) is 0.692. The molecule has 3 heteroatoms. The Morgan fingerprint density at radius 2 is 1.87 bits per heavy atom. The van der Waals surface area contributed by atoms with E-state index in [1.807, 2.05) is 6.08 Å². The zero-order valence-corrected chi connectivity index (χ0v) is 14.3. The average Bonchev–Trinajstić information content (AvgIpc) is 2.80. The monoisotopic (exact) mass is 313 g/mol. The minimum atomic E-state index is -1.14. The Kier molecular flexibility index (Phi) is 3.14. The fraction of sp³-hybridized carbons (Fsp3) is 0.800. The second kappa shape index (κ2) is 4.70. The summed E-state index contributed by atoms with van der Waals surface area (Å²) in [4.78, 5) is 11.8. The van der Waals surface area contributed by atoms with Crippen LogP contribution in [0.4, 0.5) is 0 Å². The highest BCUT2D eigenvalue weighted by Gasteiger charge is 2.64. The maximum atomic E-state index is 11.8. The number of allylic oxidation sites excluding steroid dienone is 1. The summed E-state index contributed by atoms with van der Waals surface area (Å²) in [6.07, 6.45) is 9.42. The van der Waals surface area contributed by atoms with Crippen molar-refractivity contribution in [2.75, 3.05) is 0 Å². The van der Waals surface area contributed by atoms with Crippen LogP contribution in [-0.4, -0.2) is 16.5 Å². The summed E-state index contributed by atoms with van der Waals surface area (Å²) < 4.78 is 0. The standard InChI is InChI=1S/C20H27NO2/c1-18-8-5-14(22)11-13(18)3-4-15-16(18)6-9-19(2)17(15)7-10-20(19,23)12-21/h11,15-17,23H,3-10H2,1-2H3/t15-,16+,17+,18+,19+,20-/m0/s1. The number of fused-ring (bicyclic) bond motifs is 5. The van der Waals surface area contributed by atoms with Gasteiger partial charge in [-0.1, -0.05) is 19.4 Å². The molecule has 1 N–H and O–H groups in total. The molecule has 0 amide bonds. The molecule has 0 spiro atoms. The Hall–Kier alpha value is -1.14. The third-order valence-electron chi connectivity index (χ3n) is 8.30. The van der Waals surface area contributed by atoms with Gasteiger partial charge in [0.1, 0.15) is 0 Å². The molecule has 6 atom stereocenters. The van der Waals surface area contributed by atoms with E-state index in [0.717, 1.165) is 38.5 Å². The summed E-state index contributed by atoms with van der Waals surface area (Å²) >= 11 is 0. The molecule has 4 aliphatic carbocycles. The van der Waals surface area contributed by atoms with Crippen LogP contribution in [0.1, 0.15) is 65.2 Å². The minimum absolute atomic E-state index is 0.172. The van der Waals surface area contributed by atoms with Crippen molar-refractivity contribution >= 4 is 5.78 Å². The molecule has 0 aliphatic heterocycles. The molecule has 0 bridgehead atoms.